The van der Waals surface area contributed by atoms with Crippen molar-refractivity contribution < 1.29 is 9.90 Å². The minimum absolute atomic E-state index is 0.202. The van der Waals surface area contributed by atoms with Crippen molar-refractivity contribution in [1.82, 2.24) is 4.98 Å². The normalized spacial score (nSPS) is 10.3. The van der Waals surface area contributed by atoms with Crippen molar-refractivity contribution in [3.63, 3.8) is 0 Å². The first-order valence-corrected chi connectivity index (χ1v) is 6.02. The van der Waals surface area contributed by atoms with Gasteiger partial charge in [0.1, 0.15) is 5.82 Å². The van der Waals surface area contributed by atoms with E-state index >= 15 is 0 Å². The molecule has 0 aliphatic carbocycles. The second-order valence-electron chi connectivity index (χ2n) is 4.79. The van der Waals surface area contributed by atoms with E-state index in [9.17, 15) is 4.79 Å². The molecule has 98 valence electrons. The van der Waals surface area contributed by atoms with Crippen LogP contribution in [0.2, 0.25) is 0 Å². The highest BCUT2D eigenvalue weighted by Gasteiger charge is 2.10. The topological polar surface area (TPSA) is 62.2 Å². The number of allylic oxidation sites excluding steroid dienone is 1. The number of rotatable bonds is 5. The summed E-state index contributed by atoms with van der Waals surface area (Å²) in [6.07, 6.45) is 2.03. The number of nitrogens with zero attached hydrogens (tertiary/aromatic N) is 1. The Balaban J connectivity index is 2.96. The molecule has 0 saturated carbocycles. The van der Waals surface area contributed by atoms with Gasteiger partial charge in [0.25, 0.3) is 0 Å². The van der Waals surface area contributed by atoms with E-state index in [0.29, 0.717) is 12.4 Å². The molecule has 0 bridgehead atoms. The summed E-state index contributed by atoms with van der Waals surface area (Å²) in [5, 5.41) is 12.2. The lowest BCUT2D eigenvalue weighted by molar-refractivity contribution is 0.0696. The quantitative estimate of drug-likeness (QED) is 0.785. The second kappa shape index (κ2) is 6.19. The summed E-state index contributed by atoms with van der Waals surface area (Å²) in [6.45, 7) is 8.67. The minimum atomic E-state index is -0.926. The van der Waals surface area contributed by atoms with Gasteiger partial charge in [-0.3, -0.25) is 0 Å². The van der Waals surface area contributed by atoms with Gasteiger partial charge >= 0.3 is 5.97 Å². The third-order valence-electron chi connectivity index (χ3n) is 2.48. The van der Waals surface area contributed by atoms with Crippen LogP contribution in [-0.2, 0) is 0 Å². The summed E-state index contributed by atoms with van der Waals surface area (Å²) < 4.78 is 0. The van der Waals surface area contributed by atoms with E-state index in [1.807, 2.05) is 33.8 Å². The van der Waals surface area contributed by atoms with Crippen molar-refractivity contribution in [2.24, 2.45) is 0 Å². The summed E-state index contributed by atoms with van der Waals surface area (Å²) in [6, 6.07) is 3.19. The molecule has 1 rings (SSSR count). The second-order valence-corrected chi connectivity index (χ2v) is 4.79. The Kier molecular flexibility index (Phi) is 4.89. The van der Waals surface area contributed by atoms with E-state index in [0.717, 1.165) is 5.69 Å². The predicted octanol–water partition coefficient (Wildman–Crippen LogP) is 3.28. The van der Waals surface area contributed by atoms with Crippen molar-refractivity contribution >= 4 is 11.8 Å². The van der Waals surface area contributed by atoms with Gasteiger partial charge in [-0.15, -0.1) is 0 Å². The number of carbonyl (C=O) groups is 1. The number of nitrogens with one attached hydrogen (secondary N) is 1. The average molecular weight is 248 g/mol. The first-order valence-electron chi connectivity index (χ1n) is 6.02. The number of aromatic nitrogens is 1. The highest BCUT2D eigenvalue weighted by atomic mass is 16.4. The number of pyridine rings is 1. The van der Waals surface area contributed by atoms with Gasteiger partial charge in [-0.2, -0.15) is 0 Å². The Labute approximate surface area is 108 Å². The van der Waals surface area contributed by atoms with Crippen LogP contribution < -0.4 is 5.32 Å². The molecule has 0 aliphatic heterocycles. The van der Waals surface area contributed by atoms with E-state index in [2.05, 4.69) is 10.3 Å². The largest absolute Gasteiger partial charge is 0.478 e. The number of anilines is 1. The Bertz CT molecular complexity index is 461. The fraction of sp³-hybridized carbons (Fsp3) is 0.429. The minimum Gasteiger partial charge on any atom is -0.478 e. The molecule has 0 unspecified atom stereocenters. The summed E-state index contributed by atoms with van der Waals surface area (Å²) in [4.78, 5) is 15.5. The summed E-state index contributed by atoms with van der Waals surface area (Å²) in [7, 11) is 0. The summed E-state index contributed by atoms with van der Waals surface area (Å²) >= 11 is 0. The third-order valence-corrected chi connectivity index (χ3v) is 2.48. The van der Waals surface area contributed by atoms with Gasteiger partial charge in [0.05, 0.1) is 5.56 Å². The van der Waals surface area contributed by atoms with Crippen LogP contribution in [0, 0.1) is 0 Å². The molecule has 0 saturated heterocycles. The first kappa shape index (κ1) is 14.2. The smallest absolute Gasteiger partial charge is 0.335 e. The number of carboxylic acids is 1. The lowest BCUT2D eigenvalue weighted by Gasteiger charge is -2.10. The van der Waals surface area contributed by atoms with E-state index in [4.69, 9.17) is 5.11 Å². The molecule has 0 aromatic carbocycles. The number of carboxylic acid groups (broad SMARTS) is 1. The van der Waals surface area contributed by atoms with E-state index < -0.39 is 5.97 Å². The molecule has 0 amide bonds. The van der Waals surface area contributed by atoms with Gasteiger partial charge in [-0.25, -0.2) is 9.78 Å². The van der Waals surface area contributed by atoms with Crippen LogP contribution in [0.5, 0.6) is 0 Å². The molecule has 0 atom stereocenters. The average Bonchev–Trinajstić information content (AvgIpc) is 2.28. The standard InChI is InChI=1S/C14H20N2O2/c1-9(2)5-6-15-13-8-11(14(17)18)7-12(16-13)10(3)4/h5,7-8,10H,6H2,1-4H3,(H,15,16)(H,17,18). The Morgan fingerprint density at radius 3 is 2.61 bits per heavy atom. The molecule has 1 aromatic rings. The number of hydrogen-bond acceptors (Lipinski definition) is 3. The van der Waals surface area contributed by atoms with Crippen molar-refractivity contribution in [3.05, 3.63) is 35.0 Å². The molecule has 2 N–H and O–H groups in total. The van der Waals surface area contributed by atoms with Crippen LogP contribution in [-0.4, -0.2) is 22.6 Å². The van der Waals surface area contributed by atoms with Crippen LogP contribution >= 0.6 is 0 Å². The van der Waals surface area contributed by atoms with E-state index in [-0.39, 0.29) is 11.5 Å². The van der Waals surface area contributed by atoms with Gasteiger partial charge in [-0.05, 0) is 31.9 Å². The van der Waals surface area contributed by atoms with Gasteiger partial charge in [0, 0.05) is 12.2 Å². The third kappa shape index (κ3) is 4.20. The van der Waals surface area contributed by atoms with Crippen LogP contribution in [0.1, 0.15) is 49.7 Å². The van der Waals surface area contributed by atoms with Crippen molar-refractivity contribution in [1.29, 1.82) is 0 Å². The summed E-state index contributed by atoms with van der Waals surface area (Å²) in [5.74, 6) is -0.117. The molecule has 0 aliphatic rings. The highest BCUT2D eigenvalue weighted by molar-refractivity contribution is 5.88. The maximum atomic E-state index is 11.0. The maximum Gasteiger partial charge on any atom is 0.335 e. The molecule has 1 heterocycles. The van der Waals surface area contributed by atoms with Gasteiger partial charge in [-0.1, -0.05) is 25.5 Å². The molecule has 0 radical (unpaired) electrons. The van der Waals surface area contributed by atoms with Crippen LogP contribution in [0.15, 0.2) is 23.8 Å². The molecule has 4 nitrogen and oxygen atoms in total. The van der Waals surface area contributed by atoms with Gasteiger partial charge in [0.2, 0.25) is 0 Å². The SMILES string of the molecule is CC(C)=CCNc1cc(C(=O)O)cc(C(C)C)n1. The Morgan fingerprint density at radius 2 is 2.11 bits per heavy atom. The lowest BCUT2D eigenvalue weighted by Crippen LogP contribution is -2.07. The first-order chi connectivity index (χ1) is 8.40. The molecule has 1 aromatic heterocycles. The zero-order valence-electron chi connectivity index (χ0n) is 11.3. The van der Waals surface area contributed by atoms with Crippen LogP contribution in [0.25, 0.3) is 0 Å². The fourth-order valence-corrected chi connectivity index (χ4v) is 1.42. The zero-order chi connectivity index (χ0) is 13.7. The van der Waals surface area contributed by atoms with Gasteiger partial charge in [0.15, 0.2) is 0 Å². The predicted molar refractivity (Wildman–Crippen MR) is 73.2 cm³/mol. The Hall–Kier alpha value is -1.84. The van der Waals surface area contributed by atoms with Crippen molar-refractivity contribution in [2.75, 3.05) is 11.9 Å². The van der Waals surface area contributed by atoms with Crippen LogP contribution in [0.4, 0.5) is 5.82 Å². The van der Waals surface area contributed by atoms with Crippen LogP contribution in [0.3, 0.4) is 0 Å². The molecule has 0 fully saturated rings. The maximum absolute atomic E-state index is 11.0. The van der Waals surface area contributed by atoms with Gasteiger partial charge < -0.3 is 10.4 Å². The number of aromatic carboxylic acids is 1. The monoisotopic (exact) mass is 248 g/mol. The zero-order valence-corrected chi connectivity index (χ0v) is 11.3. The van der Waals surface area contributed by atoms with E-state index in [1.165, 1.54) is 5.57 Å². The lowest BCUT2D eigenvalue weighted by atomic mass is 10.1. The van der Waals surface area contributed by atoms with E-state index in [1.54, 1.807) is 12.1 Å². The molecular weight excluding hydrogens is 228 g/mol. The molecule has 4 heteroatoms. The van der Waals surface area contributed by atoms with Crippen molar-refractivity contribution in [3.8, 4) is 0 Å². The molecular formula is C14H20N2O2. The highest BCUT2D eigenvalue weighted by Crippen LogP contribution is 2.17. The Morgan fingerprint density at radius 1 is 1.44 bits per heavy atom. The molecule has 0 spiro atoms. The molecule has 18 heavy (non-hydrogen) atoms. The number of hydrogen-bond donors (Lipinski definition) is 2. The summed E-state index contributed by atoms with van der Waals surface area (Å²) in [5.41, 5.74) is 2.27. The fourth-order valence-electron chi connectivity index (χ4n) is 1.42. The van der Waals surface area contributed by atoms with Crippen molar-refractivity contribution in [2.45, 2.75) is 33.6 Å².